The van der Waals surface area contributed by atoms with Crippen LogP contribution in [0.3, 0.4) is 0 Å². The average molecular weight is 334 g/mol. The summed E-state index contributed by atoms with van der Waals surface area (Å²) in [5.41, 5.74) is 17.1. The second-order valence-corrected chi connectivity index (χ2v) is 4.92. The largest absolute Gasteiger partial charge is 0.382 e. The first kappa shape index (κ1) is 13.9. The van der Waals surface area contributed by atoms with Gasteiger partial charge in [0, 0.05) is 6.07 Å². The van der Waals surface area contributed by atoms with E-state index in [4.69, 9.17) is 11.5 Å². The summed E-state index contributed by atoms with van der Waals surface area (Å²) in [6, 6.07) is 2.31. The first-order valence-corrected chi connectivity index (χ1v) is 6.43. The minimum atomic E-state index is -0.661. The molecule has 0 saturated heterocycles. The van der Waals surface area contributed by atoms with Crippen molar-refractivity contribution in [3.05, 3.63) is 22.2 Å². The second kappa shape index (κ2) is 4.37. The number of nitro groups is 1. The van der Waals surface area contributed by atoms with Gasteiger partial charge in [-0.05, 0) is 6.07 Å². The molecular weight excluding hydrogens is 324 g/mol. The van der Waals surface area contributed by atoms with E-state index >= 15 is 0 Å². The molecule has 8 N–H and O–H groups in total. The van der Waals surface area contributed by atoms with Gasteiger partial charge in [0.05, 0.1) is 4.92 Å². The summed E-state index contributed by atoms with van der Waals surface area (Å²) in [5.74, 6) is 0.302. The molecule has 124 valence electrons. The van der Waals surface area contributed by atoms with Crippen molar-refractivity contribution in [2.75, 3.05) is 37.8 Å². The highest BCUT2D eigenvalue weighted by Gasteiger charge is 2.42. The van der Waals surface area contributed by atoms with Crippen LogP contribution in [0.25, 0.3) is 0 Å². The van der Waals surface area contributed by atoms with Crippen LogP contribution in [0.2, 0.25) is 0 Å². The monoisotopic (exact) mass is 334 g/mol. The molecule has 2 aromatic rings. The van der Waals surface area contributed by atoms with Gasteiger partial charge < -0.3 is 11.5 Å². The Morgan fingerprint density at radius 1 is 1.21 bits per heavy atom. The summed E-state index contributed by atoms with van der Waals surface area (Å²) in [5, 5.41) is 32.1. The van der Waals surface area contributed by atoms with Crippen molar-refractivity contribution >= 4 is 46.0 Å². The molecule has 4 rings (SSSR count). The number of fused-ring (bicyclic) bond motifs is 5. The lowest BCUT2D eigenvalue weighted by atomic mass is 10.2. The smallest absolute Gasteiger partial charge is 0.298 e. The SMILES string of the molecule is Nc1nc(N)c2c(n1)NN1c3cc(N(O)O)cc([N+](=O)[O-])c3NN21. The first-order valence-electron chi connectivity index (χ1n) is 6.43. The molecule has 0 atom stereocenters. The van der Waals surface area contributed by atoms with Crippen LogP contribution in [0, 0.1) is 10.1 Å². The Bertz CT molecular complexity index is 886. The van der Waals surface area contributed by atoms with Crippen LogP contribution in [0.1, 0.15) is 0 Å². The third-order valence-corrected chi connectivity index (χ3v) is 3.51. The Labute approximate surface area is 132 Å². The van der Waals surface area contributed by atoms with Crippen molar-refractivity contribution < 1.29 is 15.3 Å². The highest BCUT2D eigenvalue weighted by Crippen LogP contribution is 2.49. The van der Waals surface area contributed by atoms with Gasteiger partial charge in [-0.25, -0.2) is 0 Å². The number of nitrogens with one attached hydrogen (secondary N) is 2. The molecule has 0 unspecified atom stereocenters. The molecule has 0 amide bonds. The minimum absolute atomic E-state index is 0.0435. The number of hydrogen-bond donors (Lipinski definition) is 6. The average Bonchev–Trinajstić information content (AvgIpc) is 3.01. The van der Waals surface area contributed by atoms with Crippen LogP contribution in [0.15, 0.2) is 12.1 Å². The summed E-state index contributed by atoms with van der Waals surface area (Å²) in [6.07, 6.45) is 0. The van der Waals surface area contributed by atoms with Gasteiger partial charge in [-0.3, -0.25) is 31.4 Å². The summed E-state index contributed by atoms with van der Waals surface area (Å²) in [4.78, 5) is 18.5. The standard InChI is InChI=1S/C10H10N10O4/c11-8-7-9(14-10(12)13-8)16-17-4-1-3(19(21)22)2-5(20(23)24)6(4)15-18(7)17/h1-2,15,21-22H,(H5,11,12,13,14,16). The van der Waals surface area contributed by atoms with E-state index in [0.717, 1.165) is 6.07 Å². The van der Waals surface area contributed by atoms with Gasteiger partial charge in [-0.15, -0.1) is 5.23 Å². The fourth-order valence-electron chi connectivity index (χ4n) is 2.55. The summed E-state index contributed by atoms with van der Waals surface area (Å²) >= 11 is 0. The number of nitrogens with two attached hydrogens (primary N) is 2. The Hall–Kier alpha value is -3.78. The van der Waals surface area contributed by atoms with E-state index in [1.54, 1.807) is 0 Å². The van der Waals surface area contributed by atoms with Crippen LogP contribution >= 0.6 is 0 Å². The van der Waals surface area contributed by atoms with Crippen LogP contribution in [0.5, 0.6) is 0 Å². The fourth-order valence-corrected chi connectivity index (χ4v) is 2.55. The Balaban J connectivity index is 1.87. The molecule has 14 nitrogen and oxygen atoms in total. The van der Waals surface area contributed by atoms with Gasteiger partial charge in [0.25, 0.3) is 5.69 Å². The molecule has 0 aliphatic carbocycles. The summed E-state index contributed by atoms with van der Waals surface area (Å²) in [7, 11) is 0. The highest BCUT2D eigenvalue weighted by atomic mass is 16.8. The quantitative estimate of drug-likeness (QED) is 0.318. The van der Waals surface area contributed by atoms with Gasteiger partial charge in [0.1, 0.15) is 11.4 Å². The number of hydrazine groups is 3. The van der Waals surface area contributed by atoms with Gasteiger partial charge >= 0.3 is 0 Å². The number of rotatable bonds is 2. The molecule has 14 heteroatoms. The normalized spacial score (nSPS) is 13.8. The van der Waals surface area contributed by atoms with Crippen LogP contribution in [-0.2, 0) is 0 Å². The number of nitrogens with zero attached hydrogens (tertiary/aromatic N) is 6. The zero-order chi connectivity index (χ0) is 17.2. The summed E-state index contributed by atoms with van der Waals surface area (Å²) < 4.78 is 0. The minimum Gasteiger partial charge on any atom is -0.382 e. The number of anilines is 7. The van der Waals surface area contributed by atoms with Crippen molar-refractivity contribution in [3.63, 3.8) is 0 Å². The van der Waals surface area contributed by atoms with Gasteiger partial charge in [-0.1, -0.05) is 0 Å². The van der Waals surface area contributed by atoms with E-state index < -0.39 is 4.92 Å². The van der Waals surface area contributed by atoms with Crippen LogP contribution in [0.4, 0.5) is 46.0 Å². The molecule has 0 bridgehead atoms. The maximum Gasteiger partial charge on any atom is 0.298 e. The number of nitro benzene ring substituents is 1. The maximum atomic E-state index is 11.3. The van der Waals surface area contributed by atoms with E-state index in [9.17, 15) is 20.5 Å². The Morgan fingerprint density at radius 2 is 1.96 bits per heavy atom. The van der Waals surface area contributed by atoms with Gasteiger partial charge in [0.15, 0.2) is 23.0 Å². The number of aromatic nitrogens is 2. The molecule has 3 heterocycles. The van der Waals surface area contributed by atoms with Gasteiger partial charge in [0.2, 0.25) is 5.95 Å². The zero-order valence-corrected chi connectivity index (χ0v) is 11.7. The number of benzene rings is 1. The molecule has 2 aliphatic rings. The molecule has 0 saturated carbocycles. The molecular formula is C10H10N10O4. The maximum absolute atomic E-state index is 11.3. The van der Waals surface area contributed by atoms with Crippen LogP contribution < -0.4 is 37.8 Å². The van der Waals surface area contributed by atoms with Crippen molar-refractivity contribution in [2.24, 2.45) is 0 Å². The van der Waals surface area contributed by atoms with Crippen LogP contribution in [-0.4, -0.2) is 25.3 Å². The molecule has 0 radical (unpaired) electrons. The lowest BCUT2D eigenvalue weighted by Crippen LogP contribution is -2.40. The predicted molar refractivity (Wildman–Crippen MR) is 82.2 cm³/mol. The van der Waals surface area contributed by atoms with E-state index in [2.05, 4.69) is 20.8 Å². The molecule has 24 heavy (non-hydrogen) atoms. The fraction of sp³-hybridized carbons (Fsp3) is 0. The van der Waals surface area contributed by atoms with Crippen molar-refractivity contribution in [3.8, 4) is 0 Å². The third kappa shape index (κ3) is 1.71. The lowest BCUT2D eigenvalue weighted by Gasteiger charge is -2.21. The zero-order valence-electron chi connectivity index (χ0n) is 11.7. The second-order valence-electron chi connectivity index (χ2n) is 4.92. The summed E-state index contributed by atoms with van der Waals surface area (Å²) in [6.45, 7) is 0. The van der Waals surface area contributed by atoms with Crippen molar-refractivity contribution in [1.29, 1.82) is 0 Å². The molecule has 1 aromatic heterocycles. The third-order valence-electron chi connectivity index (χ3n) is 3.51. The van der Waals surface area contributed by atoms with E-state index in [-0.39, 0.29) is 45.6 Å². The van der Waals surface area contributed by atoms with Crippen molar-refractivity contribution in [1.82, 2.24) is 9.97 Å². The topological polar surface area (TPSA) is 195 Å². The van der Waals surface area contributed by atoms with E-state index in [1.165, 1.54) is 16.3 Å². The highest BCUT2D eigenvalue weighted by molar-refractivity contribution is 5.97. The molecule has 0 spiro atoms. The molecule has 1 aromatic carbocycles. The van der Waals surface area contributed by atoms with Crippen molar-refractivity contribution in [2.45, 2.75) is 0 Å². The Kier molecular flexibility index (Phi) is 2.52. The van der Waals surface area contributed by atoms with Gasteiger partial charge in [-0.2, -0.15) is 20.2 Å². The van der Waals surface area contributed by atoms with E-state index in [1.807, 2.05) is 0 Å². The predicted octanol–water partition coefficient (Wildman–Crippen LogP) is 0.0430. The molecule has 2 aliphatic heterocycles. The lowest BCUT2D eigenvalue weighted by molar-refractivity contribution is -0.383. The van der Waals surface area contributed by atoms with E-state index in [0.29, 0.717) is 5.69 Å². The first-order chi connectivity index (χ1) is 11.4. The number of hydrogen-bond acceptors (Lipinski definition) is 13. The number of nitrogen functional groups attached to an aromatic ring is 2. The Morgan fingerprint density at radius 3 is 2.62 bits per heavy atom. The molecule has 0 fully saturated rings.